The van der Waals surface area contributed by atoms with Crippen molar-refractivity contribution >= 4 is 10.8 Å². The molecular formula is C19H22F4. The Hall–Kier alpha value is -1.58. The second-order valence-corrected chi connectivity index (χ2v) is 5.90. The molecule has 0 aliphatic rings. The Labute approximate surface area is 134 Å². The Bertz CT molecular complexity index is 671. The summed E-state index contributed by atoms with van der Waals surface area (Å²) in [6.07, 6.45) is -0.755. The van der Waals surface area contributed by atoms with E-state index in [1.165, 1.54) is 6.07 Å². The molecule has 0 atom stereocenters. The maximum absolute atomic E-state index is 14.6. The summed E-state index contributed by atoms with van der Waals surface area (Å²) in [5, 5.41) is 0.698. The zero-order valence-electron chi connectivity index (χ0n) is 13.6. The van der Waals surface area contributed by atoms with Crippen molar-refractivity contribution in [1.82, 2.24) is 0 Å². The third-order valence-corrected chi connectivity index (χ3v) is 4.22. The number of aryl methyl sites for hydroxylation is 1. The van der Waals surface area contributed by atoms with Gasteiger partial charge in [0.2, 0.25) is 0 Å². The Morgan fingerprint density at radius 2 is 1.35 bits per heavy atom. The lowest BCUT2D eigenvalue weighted by Gasteiger charge is -2.21. The van der Waals surface area contributed by atoms with Crippen LogP contribution in [-0.4, -0.2) is 0 Å². The molecular weight excluding hydrogens is 304 g/mol. The molecule has 0 heterocycles. The number of hydrogen-bond donors (Lipinski definition) is 0. The fourth-order valence-corrected chi connectivity index (χ4v) is 3.08. The van der Waals surface area contributed by atoms with Crippen LogP contribution >= 0.6 is 0 Å². The van der Waals surface area contributed by atoms with Gasteiger partial charge in [0.05, 0.1) is 5.56 Å². The summed E-state index contributed by atoms with van der Waals surface area (Å²) in [4.78, 5) is 0. The highest BCUT2D eigenvalue weighted by molar-refractivity contribution is 5.88. The molecule has 0 N–H and O–H groups in total. The fraction of sp³-hybridized carbons (Fsp3) is 0.474. The third-order valence-electron chi connectivity index (χ3n) is 4.22. The van der Waals surface area contributed by atoms with Crippen molar-refractivity contribution in [3.8, 4) is 0 Å². The van der Waals surface area contributed by atoms with Gasteiger partial charge in [-0.1, -0.05) is 51.0 Å². The molecule has 0 bridgehead atoms. The first-order valence-corrected chi connectivity index (χ1v) is 8.20. The average molecular weight is 326 g/mol. The molecule has 2 aromatic rings. The Balaban J connectivity index is 2.80. The fourth-order valence-electron chi connectivity index (χ4n) is 3.08. The third kappa shape index (κ3) is 3.67. The first-order valence-electron chi connectivity index (χ1n) is 8.20. The van der Waals surface area contributed by atoms with Crippen LogP contribution in [-0.2, 0) is 19.0 Å². The lowest BCUT2D eigenvalue weighted by Crippen LogP contribution is -2.15. The van der Waals surface area contributed by atoms with E-state index < -0.39 is 17.6 Å². The molecule has 0 aromatic heterocycles. The van der Waals surface area contributed by atoms with E-state index in [9.17, 15) is 17.6 Å². The quantitative estimate of drug-likeness (QED) is 0.519. The molecule has 2 rings (SSSR count). The minimum Gasteiger partial charge on any atom is -0.206 e. The first kappa shape index (κ1) is 17.8. The van der Waals surface area contributed by atoms with Crippen LogP contribution in [0.1, 0.15) is 56.2 Å². The van der Waals surface area contributed by atoms with Crippen molar-refractivity contribution in [2.45, 2.75) is 58.5 Å². The molecule has 0 radical (unpaired) electrons. The van der Waals surface area contributed by atoms with E-state index in [2.05, 4.69) is 0 Å². The first-order chi connectivity index (χ1) is 10.9. The largest absolute Gasteiger partial charge is 0.419 e. The topological polar surface area (TPSA) is 0 Å². The Morgan fingerprint density at radius 1 is 0.826 bits per heavy atom. The molecule has 0 aliphatic heterocycles. The molecule has 4 heteroatoms. The van der Waals surface area contributed by atoms with Gasteiger partial charge in [0, 0.05) is 5.39 Å². The second-order valence-electron chi connectivity index (χ2n) is 5.90. The molecule has 0 spiro atoms. The van der Waals surface area contributed by atoms with Crippen molar-refractivity contribution in [3.63, 3.8) is 0 Å². The van der Waals surface area contributed by atoms with Gasteiger partial charge in [-0.2, -0.15) is 13.2 Å². The number of alkyl halides is 3. The van der Waals surface area contributed by atoms with Gasteiger partial charge in [-0.25, -0.2) is 4.39 Å². The molecule has 0 amide bonds. The maximum atomic E-state index is 14.6. The van der Waals surface area contributed by atoms with Crippen molar-refractivity contribution in [3.05, 3.63) is 46.8 Å². The maximum Gasteiger partial charge on any atom is 0.419 e. The van der Waals surface area contributed by atoms with Crippen molar-refractivity contribution in [2.24, 2.45) is 0 Å². The van der Waals surface area contributed by atoms with Gasteiger partial charge < -0.3 is 0 Å². The normalized spacial score (nSPS) is 12.1. The van der Waals surface area contributed by atoms with Crippen LogP contribution in [0.15, 0.2) is 24.3 Å². The van der Waals surface area contributed by atoms with Gasteiger partial charge >= 0.3 is 6.18 Å². The zero-order chi connectivity index (χ0) is 17.0. The van der Waals surface area contributed by atoms with E-state index in [0.717, 1.165) is 19.3 Å². The van der Waals surface area contributed by atoms with Gasteiger partial charge in [0.15, 0.2) is 0 Å². The smallest absolute Gasteiger partial charge is 0.206 e. The molecule has 0 nitrogen and oxygen atoms in total. The van der Waals surface area contributed by atoms with Crippen LogP contribution in [0.3, 0.4) is 0 Å². The molecule has 0 unspecified atom stereocenters. The molecule has 0 aliphatic carbocycles. The van der Waals surface area contributed by atoms with Gasteiger partial charge in [-0.3, -0.25) is 0 Å². The molecule has 126 valence electrons. The minimum absolute atomic E-state index is 0.0752. The molecule has 23 heavy (non-hydrogen) atoms. The number of benzene rings is 2. The highest BCUT2D eigenvalue weighted by atomic mass is 19.4. The van der Waals surface area contributed by atoms with E-state index in [0.29, 0.717) is 23.8 Å². The summed E-state index contributed by atoms with van der Waals surface area (Å²) in [6, 6.07) is 6.52. The lowest BCUT2D eigenvalue weighted by atomic mass is 9.87. The monoisotopic (exact) mass is 326 g/mol. The van der Waals surface area contributed by atoms with E-state index in [1.807, 2.05) is 13.8 Å². The number of fused-ring (bicyclic) bond motifs is 1. The summed E-state index contributed by atoms with van der Waals surface area (Å²) in [6.45, 7) is 3.93. The van der Waals surface area contributed by atoms with E-state index in [1.54, 1.807) is 18.2 Å². The van der Waals surface area contributed by atoms with Crippen LogP contribution in [0.25, 0.3) is 10.8 Å². The number of unbranched alkanes of at least 4 members (excludes halogenated alkanes) is 2. The highest BCUT2D eigenvalue weighted by Gasteiger charge is 2.38. The lowest BCUT2D eigenvalue weighted by molar-refractivity contribution is -0.140. The van der Waals surface area contributed by atoms with Crippen molar-refractivity contribution in [1.29, 1.82) is 0 Å². The van der Waals surface area contributed by atoms with Crippen LogP contribution in [0.4, 0.5) is 17.6 Å². The Morgan fingerprint density at radius 3 is 1.87 bits per heavy atom. The van der Waals surface area contributed by atoms with E-state index >= 15 is 0 Å². The zero-order valence-corrected chi connectivity index (χ0v) is 13.6. The van der Waals surface area contributed by atoms with Crippen LogP contribution < -0.4 is 0 Å². The predicted octanol–water partition coefficient (Wildman–Crippen LogP) is 6.68. The van der Waals surface area contributed by atoms with Crippen LogP contribution in [0, 0.1) is 5.82 Å². The molecule has 0 saturated carbocycles. The average Bonchev–Trinajstić information content (AvgIpc) is 2.51. The predicted molar refractivity (Wildman–Crippen MR) is 86.1 cm³/mol. The molecule has 2 aromatic carbocycles. The SMILES string of the molecule is CCCCc1c(C(F)(F)F)c(F)c2ccccc2c1CCCC. The van der Waals surface area contributed by atoms with Crippen molar-refractivity contribution in [2.75, 3.05) is 0 Å². The summed E-state index contributed by atoms with van der Waals surface area (Å²) < 4.78 is 55.2. The van der Waals surface area contributed by atoms with Crippen molar-refractivity contribution < 1.29 is 17.6 Å². The molecule has 0 saturated heterocycles. The van der Waals surface area contributed by atoms with Gasteiger partial charge in [0.25, 0.3) is 0 Å². The Kier molecular flexibility index (Phi) is 5.66. The van der Waals surface area contributed by atoms with Gasteiger partial charge in [-0.15, -0.1) is 0 Å². The number of hydrogen-bond acceptors (Lipinski definition) is 0. The summed E-state index contributed by atoms with van der Waals surface area (Å²) >= 11 is 0. The van der Waals surface area contributed by atoms with Gasteiger partial charge in [0.1, 0.15) is 5.82 Å². The highest BCUT2D eigenvalue weighted by Crippen LogP contribution is 2.41. The standard InChI is InChI=1S/C19H22F4/c1-3-5-9-13-14-11-7-8-12-16(14)18(20)17(19(21,22)23)15(13)10-6-4-2/h7-8,11-12H,3-6,9-10H2,1-2H3. The summed E-state index contributed by atoms with van der Waals surface area (Å²) in [5.74, 6) is -1.13. The van der Waals surface area contributed by atoms with E-state index in [-0.39, 0.29) is 17.4 Å². The minimum atomic E-state index is -4.67. The number of halogens is 4. The molecule has 0 fully saturated rings. The summed E-state index contributed by atoms with van der Waals surface area (Å²) in [7, 11) is 0. The second kappa shape index (κ2) is 7.33. The van der Waals surface area contributed by atoms with E-state index in [4.69, 9.17) is 0 Å². The summed E-state index contributed by atoms with van der Waals surface area (Å²) in [5.41, 5.74) is -0.232. The van der Waals surface area contributed by atoms with Crippen LogP contribution in [0.2, 0.25) is 0 Å². The number of rotatable bonds is 6. The van der Waals surface area contributed by atoms with Gasteiger partial charge in [-0.05, 0) is 42.2 Å². The van der Waals surface area contributed by atoms with Crippen LogP contribution in [0.5, 0.6) is 0 Å².